The molecule has 0 aliphatic carbocycles. The van der Waals surface area contributed by atoms with Gasteiger partial charge in [0.05, 0.1) is 0 Å². The van der Waals surface area contributed by atoms with Crippen molar-refractivity contribution in [3.63, 3.8) is 0 Å². The van der Waals surface area contributed by atoms with Gasteiger partial charge in [0.25, 0.3) is 0 Å². The Bertz CT molecular complexity index is 144. The highest BCUT2D eigenvalue weighted by Crippen LogP contribution is 2.18. The Kier molecular flexibility index (Phi) is 12.4. The monoisotopic (exact) mass is 241 g/mol. The normalized spacial score (nSPS) is 14.8. The summed E-state index contributed by atoms with van der Waals surface area (Å²) in [6, 6.07) is 0.706. The lowest BCUT2D eigenvalue weighted by Gasteiger charge is -2.24. The first-order valence-electron chi connectivity index (χ1n) is 7.99. The fourth-order valence-corrected chi connectivity index (χ4v) is 2.49. The quantitative estimate of drug-likeness (QED) is 0.466. The van der Waals surface area contributed by atoms with Crippen LogP contribution < -0.4 is 5.32 Å². The molecule has 0 bridgehead atoms. The lowest BCUT2D eigenvalue weighted by molar-refractivity contribution is 0.331. The van der Waals surface area contributed by atoms with Crippen LogP contribution in [-0.4, -0.2) is 12.6 Å². The zero-order valence-corrected chi connectivity index (χ0v) is 12.7. The maximum absolute atomic E-state index is 3.69. The molecule has 0 aromatic carbocycles. The molecule has 2 atom stereocenters. The van der Waals surface area contributed by atoms with Gasteiger partial charge in [0.1, 0.15) is 0 Å². The Labute approximate surface area is 110 Å². The minimum atomic E-state index is 0.706. The zero-order chi connectivity index (χ0) is 12.9. The van der Waals surface area contributed by atoms with E-state index in [2.05, 4.69) is 33.0 Å². The molecular weight excluding hydrogens is 206 g/mol. The fourth-order valence-electron chi connectivity index (χ4n) is 2.49. The number of hydrogen-bond acceptors (Lipinski definition) is 1. The molecule has 0 aliphatic rings. The summed E-state index contributed by atoms with van der Waals surface area (Å²) in [6.07, 6.45) is 12.4. The van der Waals surface area contributed by atoms with E-state index in [0.29, 0.717) is 6.04 Å². The predicted octanol–water partition coefficient (Wildman–Crippen LogP) is 5.15. The Hall–Kier alpha value is -0.0400. The molecule has 2 unspecified atom stereocenters. The molecule has 104 valence electrons. The van der Waals surface area contributed by atoms with Gasteiger partial charge in [0.15, 0.2) is 0 Å². The molecule has 0 amide bonds. The van der Waals surface area contributed by atoms with Crippen molar-refractivity contribution < 1.29 is 0 Å². The van der Waals surface area contributed by atoms with Gasteiger partial charge in [-0.05, 0) is 32.2 Å². The van der Waals surface area contributed by atoms with E-state index in [1.807, 2.05) is 0 Å². The van der Waals surface area contributed by atoms with Gasteiger partial charge in [-0.2, -0.15) is 0 Å². The van der Waals surface area contributed by atoms with Gasteiger partial charge in [0.2, 0.25) is 0 Å². The molecule has 0 aromatic rings. The van der Waals surface area contributed by atoms with Gasteiger partial charge in [-0.1, -0.05) is 65.7 Å². The van der Waals surface area contributed by atoms with Crippen molar-refractivity contribution in [2.75, 3.05) is 6.54 Å². The van der Waals surface area contributed by atoms with Crippen LogP contribution in [0.15, 0.2) is 0 Å². The van der Waals surface area contributed by atoms with Crippen molar-refractivity contribution in [2.45, 2.75) is 91.5 Å². The van der Waals surface area contributed by atoms with E-state index >= 15 is 0 Å². The predicted molar refractivity (Wildman–Crippen MR) is 79.5 cm³/mol. The van der Waals surface area contributed by atoms with Crippen LogP contribution in [-0.2, 0) is 0 Å². The molecule has 0 rings (SSSR count). The van der Waals surface area contributed by atoms with Gasteiger partial charge in [-0.15, -0.1) is 0 Å². The Morgan fingerprint density at radius 2 is 1.47 bits per heavy atom. The van der Waals surface area contributed by atoms with Gasteiger partial charge in [0, 0.05) is 6.04 Å². The molecule has 1 N–H and O–H groups in total. The Balaban J connectivity index is 3.58. The second-order valence-electron chi connectivity index (χ2n) is 5.47. The minimum Gasteiger partial charge on any atom is -0.314 e. The SMILES string of the molecule is CCCCCCCC(CC)C(C)NCCCC. The molecule has 0 saturated heterocycles. The number of unbranched alkanes of at least 4 members (excludes halogenated alkanes) is 5. The smallest absolute Gasteiger partial charge is 0.00668 e. The lowest BCUT2D eigenvalue weighted by Crippen LogP contribution is -2.34. The number of rotatable bonds is 12. The van der Waals surface area contributed by atoms with Crippen LogP contribution in [0, 0.1) is 5.92 Å². The highest BCUT2D eigenvalue weighted by molar-refractivity contribution is 4.71. The molecule has 1 nitrogen and oxygen atoms in total. The Morgan fingerprint density at radius 3 is 2.06 bits per heavy atom. The van der Waals surface area contributed by atoms with Crippen molar-refractivity contribution in [1.29, 1.82) is 0 Å². The van der Waals surface area contributed by atoms with Gasteiger partial charge in [-0.25, -0.2) is 0 Å². The van der Waals surface area contributed by atoms with Crippen LogP contribution >= 0.6 is 0 Å². The first-order chi connectivity index (χ1) is 8.26. The van der Waals surface area contributed by atoms with E-state index in [1.54, 1.807) is 0 Å². The topological polar surface area (TPSA) is 12.0 Å². The van der Waals surface area contributed by atoms with E-state index in [0.717, 1.165) is 5.92 Å². The lowest BCUT2D eigenvalue weighted by atomic mass is 9.91. The fraction of sp³-hybridized carbons (Fsp3) is 1.00. The van der Waals surface area contributed by atoms with Crippen LogP contribution in [0.3, 0.4) is 0 Å². The first kappa shape index (κ1) is 17.0. The van der Waals surface area contributed by atoms with E-state index in [-0.39, 0.29) is 0 Å². The van der Waals surface area contributed by atoms with Gasteiger partial charge < -0.3 is 5.32 Å². The van der Waals surface area contributed by atoms with E-state index in [4.69, 9.17) is 0 Å². The average molecular weight is 241 g/mol. The zero-order valence-electron chi connectivity index (χ0n) is 12.7. The third-order valence-corrected chi connectivity index (χ3v) is 3.91. The maximum Gasteiger partial charge on any atom is 0.00668 e. The van der Waals surface area contributed by atoms with Crippen LogP contribution in [0.2, 0.25) is 0 Å². The van der Waals surface area contributed by atoms with Crippen LogP contribution in [0.25, 0.3) is 0 Å². The van der Waals surface area contributed by atoms with E-state index in [1.165, 1.54) is 64.3 Å². The highest BCUT2D eigenvalue weighted by Gasteiger charge is 2.13. The summed E-state index contributed by atoms with van der Waals surface area (Å²) in [6.45, 7) is 10.5. The van der Waals surface area contributed by atoms with Crippen molar-refractivity contribution in [3.8, 4) is 0 Å². The summed E-state index contributed by atoms with van der Waals surface area (Å²) in [7, 11) is 0. The van der Waals surface area contributed by atoms with Crippen LogP contribution in [0.4, 0.5) is 0 Å². The van der Waals surface area contributed by atoms with Crippen molar-refractivity contribution in [2.24, 2.45) is 5.92 Å². The summed E-state index contributed by atoms with van der Waals surface area (Å²) in [5.41, 5.74) is 0. The molecule has 0 fully saturated rings. The third-order valence-electron chi connectivity index (χ3n) is 3.91. The minimum absolute atomic E-state index is 0.706. The van der Waals surface area contributed by atoms with Crippen LogP contribution in [0.5, 0.6) is 0 Å². The molecule has 0 radical (unpaired) electrons. The summed E-state index contributed by atoms with van der Waals surface area (Å²) in [5.74, 6) is 0.883. The standard InChI is InChI=1S/C16H35N/c1-5-8-10-11-12-13-16(7-3)15(4)17-14-9-6-2/h15-17H,5-14H2,1-4H3. The largest absolute Gasteiger partial charge is 0.314 e. The number of hydrogen-bond donors (Lipinski definition) is 1. The number of nitrogens with one attached hydrogen (secondary N) is 1. The maximum atomic E-state index is 3.69. The molecule has 0 aromatic heterocycles. The molecule has 0 spiro atoms. The Morgan fingerprint density at radius 1 is 0.824 bits per heavy atom. The van der Waals surface area contributed by atoms with Gasteiger partial charge in [-0.3, -0.25) is 0 Å². The second kappa shape index (κ2) is 12.4. The van der Waals surface area contributed by atoms with Crippen molar-refractivity contribution in [1.82, 2.24) is 5.32 Å². The van der Waals surface area contributed by atoms with Gasteiger partial charge >= 0.3 is 0 Å². The molecule has 17 heavy (non-hydrogen) atoms. The van der Waals surface area contributed by atoms with E-state index in [9.17, 15) is 0 Å². The van der Waals surface area contributed by atoms with E-state index < -0.39 is 0 Å². The second-order valence-corrected chi connectivity index (χ2v) is 5.47. The van der Waals surface area contributed by atoms with Crippen LogP contribution in [0.1, 0.15) is 85.5 Å². The first-order valence-corrected chi connectivity index (χ1v) is 7.99. The molecule has 0 aliphatic heterocycles. The third kappa shape index (κ3) is 9.64. The molecular formula is C16H35N. The molecule has 0 saturated carbocycles. The summed E-state index contributed by atoms with van der Waals surface area (Å²) < 4.78 is 0. The molecule has 0 heterocycles. The highest BCUT2D eigenvalue weighted by atomic mass is 14.9. The molecule has 1 heteroatoms. The summed E-state index contributed by atoms with van der Waals surface area (Å²) in [5, 5.41) is 3.69. The summed E-state index contributed by atoms with van der Waals surface area (Å²) >= 11 is 0. The van der Waals surface area contributed by atoms with Crippen molar-refractivity contribution in [3.05, 3.63) is 0 Å². The van der Waals surface area contributed by atoms with Crippen molar-refractivity contribution >= 4 is 0 Å². The average Bonchev–Trinajstić information content (AvgIpc) is 2.34. The summed E-state index contributed by atoms with van der Waals surface area (Å²) in [4.78, 5) is 0.